The van der Waals surface area contributed by atoms with Crippen LogP contribution in [0.1, 0.15) is 17.4 Å². The number of H-pyrrole nitrogens is 1. The monoisotopic (exact) mass is 365 g/mol. The van der Waals surface area contributed by atoms with Gasteiger partial charge in [-0.15, -0.1) is 0 Å². The van der Waals surface area contributed by atoms with Crippen molar-refractivity contribution in [1.29, 1.82) is 0 Å². The summed E-state index contributed by atoms with van der Waals surface area (Å²) in [6.45, 7) is 0. The first-order valence-electron chi connectivity index (χ1n) is 8.10. The minimum Gasteiger partial charge on any atom is -0.493 e. The molecule has 7 heteroatoms. The van der Waals surface area contributed by atoms with E-state index < -0.39 is 6.04 Å². The van der Waals surface area contributed by atoms with Gasteiger partial charge in [-0.05, 0) is 41.8 Å². The minimum atomic E-state index is -0.447. The predicted octanol–water partition coefficient (Wildman–Crippen LogP) is 3.62. The summed E-state index contributed by atoms with van der Waals surface area (Å²) >= 11 is 6.02. The average molecular weight is 366 g/mol. The normalized spacial score (nSPS) is 12.4. The molecule has 26 heavy (non-hydrogen) atoms. The zero-order chi connectivity index (χ0) is 18.1. The molecule has 1 unspecified atom stereocenters. The van der Waals surface area contributed by atoms with E-state index in [9.17, 15) is 5.11 Å². The fourth-order valence-corrected chi connectivity index (χ4v) is 3.11. The Hall–Kier alpha value is -2.96. The van der Waals surface area contributed by atoms with Crippen molar-refractivity contribution >= 4 is 22.5 Å². The van der Waals surface area contributed by atoms with Crippen molar-refractivity contribution in [2.24, 2.45) is 5.73 Å². The number of aromatic amines is 1. The molecule has 0 aliphatic heterocycles. The molecule has 0 aliphatic carbocycles. The number of rotatable bonds is 4. The zero-order valence-electron chi connectivity index (χ0n) is 13.7. The van der Waals surface area contributed by atoms with E-state index in [4.69, 9.17) is 17.3 Å². The largest absolute Gasteiger partial charge is 0.493 e. The topological polar surface area (TPSA) is 101 Å². The van der Waals surface area contributed by atoms with Gasteiger partial charge in [0.25, 0.3) is 0 Å². The Kier molecular flexibility index (Phi) is 4.28. The Morgan fingerprint density at radius 1 is 1.12 bits per heavy atom. The van der Waals surface area contributed by atoms with Gasteiger partial charge in [-0.1, -0.05) is 29.8 Å². The van der Waals surface area contributed by atoms with Crippen molar-refractivity contribution in [1.82, 2.24) is 20.2 Å². The maximum Gasteiger partial charge on any atom is 0.222 e. The number of nitrogens with zero attached hydrogens (tertiary/aromatic N) is 3. The predicted molar refractivity (Wildman–Crippen MR) is 101 cm³/mol. The third-order valence-corrected chi connectivity index (χ3v) is 4.44. The van der Waals surface area contributed by atoms with E-state index in [-0.39, 0.29) is 5.88 Å². The van der Waals surface area contributed by atoms with Crippen LogP contribution in [0.25, 0.3) is 22.0 Å². The van der Waals surface area contributed by atoms with Crippen molar-refractivity contribution in [3.63, 3.8) is 0 Å². The molecule has 2 heterocycles. The third-order valence-electron chi connectivity index (χ3n) is 4.20. The first kappa shape index (κ1) is 16.5. The first-order valence-corrected chi connectivity index (χ1v) is 8.48. The zero-order valence-corrected chi connectivity index (χ0v) is 14.5. The number of nitrogens with two attached hydrogens (primary N) is 1. The second kappa shape index (κ2) is 6.74. The molecule has 4 aromatic rings. The molecule has 0 spiro atoms. The van der Waals surface area contributed by atoms with E-state index in [1.54, 1.807) is 12.4 Å². The van der Waals surface area contributed by atoms with E-state index in [1.807, 2.05) is 42.5 Å². The standard InChI is InChI=1S/C19H16ClN5O/c20-14-3-1-2-11(6-14)7-16(21)18-24-17-5-4-12(13-9-22-23-10-13)8-15(17)19(26)25-18/h1-6,8-10,16H,7,21H2,(H,22,23)(H,24,25,26). The van der Waals surface area contributed by atoms with Crippen molar-refractivity contribution in [2.75, 3.05) is 0 Å². The van der Waals surface area contributed by atoms with Crippen molar-refractivity contribution < 1.29 is 5.11 Å². The smallest absolute Gasteiger partial charge is 0.222 e. The maximum absolute atomic E-state index is 10.4. The number of halogens is 1. The average Bonchev–Trinajstić information content (AvgIpc) is 3.16. The van der Waals surface area contributed by atoms with Crippen LogP contribution in [-0.2, 0) is 6.42 Å². The minimum absolute atomic E-state index is 0.0862. The summed E-state index contributed by atoms with van der Waals surface area (Å²) < 4.78 is 0. The molecular weight excluding hydrogens is 350 g/mol. The molecule has 0 fully saturated rings. The Morgan fingerprint density at radius 2 is 2.00 bits per heavy atom. The summed E-state index contributed by atoms with van der Waals surface area (Å²) in [5, 5.41) is 18.3. The van der Waals surface area contributed by atoms with Crippen LogP contribution in [0.2, 0.25) is 5.02 Å². The molecule has 6 nitrogen and oxygen atoms in total. The van der Waals surface area contributed by atoms with E-state index in [0.29, 0.717) is 28.2 Å². The lowest BCUT2D eigenvalue weighted by molar-refractivity contribution is 0.453. The van der Waals surface area contributed by atoms with Crippen LogP contribution >= 0.6 is 11.6 Å². The van der Waals surface area contributed by atoms with E-state index >= 15 is 0 Å². The van der Waals surface area contributed by atoms with Crippen LogP contribution < -0.4 is 5.73 Å². The van der Waals surface area contributed by atoms with E-state index in [2.05, 4.69) is 20.2 Å². The van der Waals surface area contributed by atoms with Crippen LogP contribution in [0.15, 0.2) is 54.9 Å². The third kappa shape index (κ3) is 3.24. The van der Waals surface area contributed by atoms with Crippen LogP contribution in [0, 0.1) is 0 Å². The lowest BCUT2D eigenvalue weighted by Crippen LogP contribution is -2.16. The van der Waals surface area contributed by atoms with E-state index in [1.165, 1.54) is 0 Å². The highest BCUT2D eigenvalue weighted by atomic mass is 35.5. The van der Waals surface area contributed by atoms with Gasteiger partial charge in [0.1, 0.15) is 5.82 Å². The molecule has 1 atom stereocenters. The van der Waals surface area contributed by atoms with Crippen molar-refractivity contribution in [2.45, 2.75) is 12.5 Å². The molecule has 2 aromatic heterocycles. The Balaban J connectivity index is 1.67. The van der Waals surface area contributed by atoms with Crippen molar-refractivity contribution in [3.05, 3.63) is 71.3 Å². The van der Waals surface area contributed by atoms with Crippen LogP contribution in [0.5, 0.6) is 5.88 Å². The molecule has 0 saturated heterocycles. The summed E-state index contributed by atoms with van der Waals surface area (Å²) in [6, 6.07) is 12.6. The molecule has 4 rings (SSSR count). The van der Waals surface area contributed by atoms with Crippen LogP contribution in [-0.4, -0.2) is 25.3 Å². The van der Waals surface area contributed by atoms with Crippen LogP contribution in [0.3, 0.4) is 0 Å². The maximum atomic E-state index is 10.4. The van der Waals surface area contributed by atoms with Crippen molar-refractivity contribution in [3.8, 4) is 17.0 Å². The van der Waals surface area contributed by atoms with Gasteiger partial charge in [0, 0.05) is 16.8 Å². The molecule has 130 valence electrons. The first-order chi connectivity index (χ1) is 12.6. The SMILES string of the molecule is NC(Cc1cccc(Cl)c1)c1nc(O)c2cc(-c3cn[nH]c3)ccc2n1. The quantitative estimate of drug-likeness (QED) is 0.512. The Bertz CT molecular complexity index is 1060. The van der Waals surface area contributed by atoms with E-state index in [0.717, 1.165) is 16.7 Å². The van der Waals surface area contributed by atoms with Gasteiger partial charge in [-0.2, -0.15) is 10.1 Å². The molecule has 0 aliphatic rings. The summed E-state index contributed by atoms with van der Waals surface area (Å²) in [4.78, 5) is 8.73. The summed E-state index contributed by atoms with van der Waals surface area (Å²) in [7, 11) is 0. The highest BCUT2D eigenvalue weighted by Gasteiger charge is 2.15. The number of aromatic hydroxyl groups is 1. The second-order valence-corrected chi connectivity index (χ2v) is 6.50. The van der Waals surface area contributed by atoms with Gasteiger partial charge in [0.2, 0.25) is 5.88 Å². The van der Waals surface area contributed by atoms with Gasteiger partial charge < -0.3 is 10.8 Å². The number of aromatic nitrogens is 4. The van der Waals surface area contributed by atoms with Gasteiger partial charge in [-0.3, -0.25) is 5.10 Å². The van der Waals surface area contributed by atoms with Gasteiger partial charge in [-0.25, -0.2) is 4.98 Å². The molecule has 0 saturated carbocycles. The molecule has 4 N–H and O–H groups in total. The molecule has 0 bridgehead atoms. The summed E-state index contributed by atoms with van der Waals surface area (Å²) in [5.41, 5.74) is 9.72. The second-order valence-electron chi connectivity index (χ2n) is 6.06. The number of hydrogen-bond acceptors (Lipinski definition) is 5. The van der Waals surface area contributed by atoms with Gasteiger partial charge in [0.15, 0.2) is 0 Å². The van der Waals surface area contributed by atoms with Gasteiger partial charge >= 0.3 is 0 Å². The summed E-state index contributed by atoms with van der Waals surface area (Å²) in [5.74, 6) is 0.308. The number of fused-ring (bicyclic) bond motifs is 1. The molecule has 0 amide bonds. The highest BCUT2D eigenvalue weighted by Crippen LogP contribution is 2.29. The fourth-order valence-electron chi connectivity index (χ4n) is 2.89. The number of benzene rings is 2. The lowest BCUT2D eigenvalue weighted by Gasteiger charge is -2.12. The van der Waals surface area contributed by atoms with Gasteiger partial charge in [0.05, 0.1) is 23.1 Å². The fraction of sp³-hybridized carbons (Fsp3) is 0.105. The number of nitrogens with one attached hydrogen (secondary N) is 1. The van der Waals surface area contributed by atoms with Crippen LogP contribution in [0.4, 0.5) is 0 Å². The Morgan fingerprint density at radius 3 is 2.77 bits per heavy atom. The molecule has 0 radical (unpaired) electrons. The summed E-state index contributed by atoms with van der Waals surface area (Å²) in [6.07, 6.45) is 4.03. The highest BCUT2D eigenvalue weighted by molar-refractivity contribution is 6.30. The Labute approximate surface area is 154 Å². The molecular formula is C19H16ClN5O. The molecule has 2 aromatic carbocycles. The number of hydrogen-bond donors (Lipinski definition) is 3. The lowest BCUT2D eigenvalue weighted by atomic mass is 10.0.